The molecule has 0 aromatic heterocycles. The van der Waals surface area contributed by atoms with E-state index in [0.717, 1.165) is 22.6 Å². The number of nitrogens with zero attached hydrogens (tertiary/aromatic N) is 1. The number of fused-ring (bicyclic) bond motifs is 2. The van der Waals surface area contributed by atoms with Crippen LogP contribution >= 0.6 is 0 Å². The lowest BCUT2D eigenvalue weighted by Gasteiger charge is -2.14. The minimum absolute atomic E-state index is 0.0766. The van der Waals surface area contributed by atoms with Crippen molar-refractivity contribution in [3.8, 4) is 11.5 Å². The van der Waals surface area contributed by atoms with Crippen LogP contribution in [-0.4, -0.2) is 42.4 Å². The number of amides is 3. The molecule has 2 aromatic rings. The number of rotatable bonds is 4. The molecule has 4 rings (SSSR count). The van der Waals surface area contributed by atoms with Crippen molar-refractivity contribution in [2.75, 3.05) is 19.0 Å². The van der Waals surface area contributed by atoms with E-state index in [4.69, 9.17) is 9.47 Å². The molecular weight excluding hydrogens is 360 g/mol. The Labute approximate surface area is 162 Å². The number of nitrogens with one attached hydrogen (secondary N) is 1. The van der Waals surface area contributed by atoms with Gasteiger partial charge in [-0.3, -0.25) is 19.3 Å². The molecule has 0 spiro atoms. The zero-order valence-corrected chi connectivity index (χ0v) is 15.9. The fourth-order valence-electron chi connectivity index (χ4n) is 3.51. The van der Waals surface area contributed by atoms with Crippen LogP contribution in [0.25, 0.3) is 0 Å². The zero-order chi connectivity index (χ0) is 20.0. The fourth-order valence-corrected chi connectivity index (χ4v) is 3.51. The highest BCUT2D eigenvalue weighted by molar-refractivity contribution is 6.22. The molecule has 3 amide bonds. The third-order valence-electron chi connectivity index (χ3n) is 4.90. The van der Waals surface area contributed by atoms with Gasteiger partial charge in [-0.2, -0.15) is 0 Å². The maximum atomic E-state index is 12.8. The summed E-state index contributed by atoms with van der Waals surface area (Å²) in [6.45, 7) is 4.32. The standard InChI is InChI=1S/C21H20N2O5/c1-4-27-18-9-13-7-11(2)28-17(13)10-16(18)22-19(24)12-5-6-14-15(8-12)21(26)23(3)20(14)25/h5-6,8-11H,4,7H2,1-3H3,(H,22,24)/t11-/m0/s1. The van der Waals surface area contributed by atoms with Gasteiger partial charge in [0.1, 0.15) is 17.6 Å². The quantitative estimate of drug-likeness (QED) is 0.825. The monoisotopic (exact) mass is 380 g/mol. The third kappa shape index (κ3) is 2.89. The average Bonchev–Trinajstić information content (AvgIpc) is 3.13. The van der Waals surface area contributed by atoms with Crippen molar-refractivity contribution in [2.24, 2.45) is 0 Å². The molecule has 0 bridgehead atoms. The summed E-state index contributed by atoms with van der Waals surface area (Å²) in [5, 5.41) is 2.83. The number of ether oxygens (including phenoxy) is 2. The van der Waals surface area contributed by atoms with Gasteiger partial charge in [-0.1, -0.05) is 0 Å². The summed E-state index contributed by atoms with van der Waals surface area (Å²) in [6, 6.07) is 8.13. The molecular formula is C21H20N2O5. The van der Waals surface area contributed by atoms with Gasteiger partial charge in [-0.05, 0) is 38.1 Å². The van der Waals surface area contributed by atoms with Gasteiger partial charge in [0.2, 0.25) is 0 Å². The van der Waals surface area contributed by atoms with Crippen LogP contribution in [0.1, 0.15) is 50.5 Å². The molecule has 144 valence electrons. The van der Waals surface area contributed by atoms with Crippen LogP contribution in [0.5, 0.6) is 11.5 Å². The minimum Gasteiger partial charge on any atom is -0.492 e. The third-order valence-corrected chi connectivity index (χ3v) is 4.90. The second-order valence-corrected chi connectivity index (χ2v) is 6.91. The fraction of sp³-hybridized carbons (Fsp3) is 0.286. The Morgan fingerprint density at radius 1 is 1.21 bits per heavy atom. The number of benzene rings is 2. The van der Waals surface area contributed by atoms with Gasteiger partial charge in [0.05, 0.1) is 23.4 Å². The highest BCUT2D eigenvalue weighted by Crippen LogP contribution is 2.38. The maximum Gasteiger partial charge on any atom is 0.261 e. The smallest absolute Gasteiger partial charge is 0.261 e. The van der Waals surface area contributed by atoms with E-state index in [1.54, 1.807) is 6.07 Å². The van der Waals surface area contributed by atoms with Crippen molar-refractivity contribution in [2.45, 2.75) is 26.4 Å². The van der Waals surface area contributed by atoms with Crippen molar-refractivity contribution >= 4 is 23.4 Å². The molecule has 1 atom stereocenters. The Kier molecular flexibility index (Phi) is 4.30. The van der Waals surface area contributed by atoms with Crippen LogP contribution in [0.4, 0.5) is 5.69 Å². The van der Waals surface area contributed by atoms with Gasteiger partial charge in [0, 0.05) is 30.7 Å². The Bertz CT molecular complexity index is 1010. The molecule has 0 unspecified atom stereocenters. The lowest BCUT2D eigenvalue weighted by molar-refractivity contribution is 0.0693. The molecule has 2 aromatic carbocycles. The SMILES string of the molecule is CCOc1cc2c(cc1NC(=O)c1ccc3c(c1)C(=O)N(C)C3=O)O[C@@H](C)C2. The second kappa shape index (κ2) is 6.67. The van der Waals surface area contributed by atoms with E-state index in [-0.39, 0.29) is 23.1 Å². The van der Waals surface area contributed by atoms with Crippen LogP contribution < -0.4 is 14.8 Å². The molecule has 0 saturated carbocycles. The Hall–Kier alpha value is -3.35. The molecule has 2 aliphatic rings. The number of imide groups is 1. The number of carbonyl (C=O) groups excluding carboxylic acids is 3. The first kappa shape index (κ1) is 18.0. The summed E-state index contributed by atoms with van der Waals surface area (Å²) >= 11 is 0. The van der Waals surface area contributed by atoms with Crippen molar-refractivity contribution in [3.63, 3.8) is 0 Å². The summed E-state index contributed by atoms with van der Waals surface area (Å²) in [4.78, 5) is 38.0. The summed E-state index contributed by atoms with van der Waals surface area (Å²) in [5.41, 5.74) is 2.36. The first-order valence-corrected chi connectivity index (χ1v) is 9.13. The molecule has 2 aliphatic heterocycles. The van der Waals surface area contributed by atoms with Crippen molar-refractivity contribution in [3.05, 3.63) is 52.6 Å². The molecule has 0 saturated heterocycles. The topological polar surface area (TPSA) is 84.9 Å². The average molecular weight is 380 g/mol. The molecule has 1 N–H and O–H groups in total. The molecule has 0 fully saturated rings. The van der Waals surface area contributed by atoms with Gasteiger partial charge >= 0.3 is 0 Å². The van der Waals surface area contributed by atoms with Gasteiger partial charge in [0.15, 0.2) is 0 Å². The predicted molar refractivity (Wildman–Crippen MR) is 102 cm³/mol. The Morgan fingerprint density at radius 2 is 1.96 bits per heavy atom. The van der Waals surface area contributed by atoms with Crippen molar-refractivity contribution in [1.82, 2.24) is 4.90 Å². The van der Waals surface area contributed by atoms with Crippen LogP contribution in [0, 0.1) is 0 Å². The first-order valence-electron chi connectivity index (χ1n) is 9.13. The van der Waals surface area contributed by atoms with E-state index in [1.807, 2.05) is 19.9 Å². The number of carbonyl (C=O) groups is 3. The molecule has 2 heterocycles. The summed E-state index contributed by atoms with van der Waals surface area (Å²) in [7, 11) is 1.42. The highest BCUT2D eigenvalue weighted by Gasteiger charge is 2.33. The predicted octanol–water partition coefficient (Wildman–Crippen LogP) is 2.89. The largest absolute Gasteiger partial charge is 0.492 e. The normalized spacial score (nSPS) is 17.2. The van der Waals surface area contributed by atoms with Crippen LogP contribution in [0.2, 0.25) is 0 Å². The number of hydrogen-bond donors (Lipinski definition) is 1. The van der Waals surface area contributed by atoms with Gasteiger partial charge in [0.25, 0.3) is 17.7 Å². The van der Waals surface area contributed by atoms with Crippen LogP contribution in [-0.2, 0) is 6.42 Å². The Morgan fingerprint density at radius 3 is 2.71 bits per heavy atom. The summed E-state index contributed by atoms with van der Waals surface area (Å²) < 4.78 is 11.4. The highest BCUT2D eigenvalue weighted by atomic mass is 16.5. The molecule has 0 radical (unpaired) electrons. The minimum atomic E-state index is -0.412. The Balaban J connectivity index is 1.64. The van der Waals surface area contributed by atoms with E-state index in [2.05, 4.69) is 5.32 Å². The van der Waals surface area contributed by atoms with E-state index in [9.17, 15) is 14.4 Å². The van der Waals surface area contributed by atoms with E-state index < -0.39 is 11.8 Å². The van der Waals surface area contributed by atoms with E-state index in [0.29, 0.717) is 23.6 Å². The number of hydrogen-bond acceptors (Lipinski definition) is 5. The summed E-state index contributed by atoms with van der Waals surface area (Å²) in [6.07, 6.45) is 0.866. The zero-order valence-electron chi connectivity index (χ0n) is 15.9. The molecule has 28 heavy (non-hydrogen) atoms. The van der Waals surface area contributed by atoms with Crippen LogP contribution in [0.3, 0.4) is 0 Å². The van der Waals surface area contributed by atoms with Crippen LogP contribution in [0.15, 0.2) is 30.3 Å². The lowest BCUT2D eigenvalue weighted by Crippen LogP contribution is -2.24. The van der Waals surface area contributed by atoms with E-state index in [1.165, 1.54) is 25.2 Å². The van der Waals surface area contributed by atoms with Crippen molar-refractivity contribution < 1.29 is 23.9 Å². The maximum absolute atomic E-state index is 12.8. The van der Waals surface area contributed by atoms with Crippen molar-refractivity contribution in [1.29, 1.82) is 0 Å². The first-order chi connectivity index (χ1) is 13.4. The lowest BCUT2D eigenvalue weighted by atomic mass is 10.0. The molecule has 7 nitrogen and oxygen atoms in total. The molecule has 0 aliphatic carbocycles. The van der Waals surface area contributed by atoms with E-state index >= 15 is 0 Å². The van der Waals surface area contributed by atoms with Gasteiger partial charge in [-0.25, -0.2) is 0 Å². The summed E-state index contributed by atoms with van der Waals surface area (Å²) in [5.74, 6) is 0.117. The molecule has 7 heteroatoms. The number of anilines is 1. The van der Waals surface area contributed by atoms with Gasteiger partial charge in [-0.15, -0.1) is 0 Å². The second-order valence-electron chi connectivity index (χ2n) is 6.91. The van der Waals surface area contributed by atoms with Gasteiger partial charge < -0.3 is 14.8 Å².